The number of carbonyl (C=O) groups is 2. The van der Waals surface area contributed by atoms with Gasteiger partial charge < -0.3 is 15.0 Å². The first-order valence-electron chi connectivity index (χ1n) is 11.7. The fourth-order valence-corrected chi connectivity index (χ4v) is 4.17. The van der Waals surface area contributed by atoms with Gasteiger partial charge in [-0.05, 0) is 62.7 Å². The van der Waals surface area contributed by atoms with Gasteiger partial charge in [0.2, 0.25) is 0 Å². The molecule has 0 heterocycles. The van der Waals surface area contributed by atoms with E-state index in [-0.39, 0.29) is 11.4 Å². The van der Waals surface area contributed by atoms with Crippen LogP contribution in [-0.2, 0) is 4.79 Å². The van der Waals surface area contributed by atoms with Gasteiger partial charge in [0, 0.05) is 41.7 Å². The van der Waals surface area contributed by atoms with Gasteiger partial charge in [0.15, 0.2) is 5.78 Å². The largest absolute Gasteiger partial charge is 0.497 e. The van der Waals surface area contributed by atoms with Crippen LogP contribution in [0.25, 0.3) is 0 Å². The van der Waals surface area contributed by atoms with Crippen molar-refractivity contribution in [2.45, 2.75) is 20.8 Å². The minimum atomic E-state index is -0.487. The summed E-state index contributed by atoms with van der Waals surface area (Å²) in [5, 5.41) is 2.81. The molecule has 178 valence electrons. The summed E-state index contributed by atoms with van der Waals surface area (Å²) in [6.07, 6.45) is 1.58. The molecule has 4 rings (SSSR count). The van der Waals surface area contributed by atoms with Gasteiger partial charge in [0.1, 0.15) is 5.75 Å². The smallest absolute Gasteiger partial charge is 0.259 e. The normalized spacial score (nSPS) is 13.8. The van der Waals surface area contributed by atoms with Crippen molar-refractivity contribution in [3.8, 4) is 5.75 Å². The van der Waals surface area contributed by atoms with Crippen LogP contribution in [-0.4, -0.2) is 37.6 Å². The Bertz CT molecular complexity index is 1340. The van der Waals surface area contributed by atoms with E-state index in [0.29, 0.717) is 28.3 Å². The van der Waals surface area contributed by atoms with Gasteiger partial charge >= 0.3 is 0 Å². The number of carbonyl (C=O) groups excluding carboxylic acids is 2. The SMILES string of the molecule is CCN(CC)c1ccc(N=C2C=C(C(=O)Nc3cccc(OC)c3)C(=O)c3ccccc32)c(C)c1. The maximum atomic E-state index is 13.2. The molecule has 1 aliphatic rings. The van der Waals surface area contributed by atoms with E-state index in [1.807, 2.05) is 25.1 Å². The lowest BCUT2D eigenvalue weighted by Crippen LogP contribution is -2.26. The number of rotatable bonds is 7. The lowest BCUT2D eigenvalue weighted by atomic mass is 9.88. The van der Waals surface area contributed by atoms with Crippen molar-refractivity contribution < 1.29 is 14.3 Å². The molecule has 3 aromatic carbocycles. The quantitative estimate of drug-likeness (QED) is 0.450. The van der Waals surface area contributed by atoms with Crippen molar-refractivity contribution in [3.63, 3.8) is 0 Å². The topological polar surface area (TPSA) is 71.0 Å². The van der Waals surface area contributed by atoms with Crippen LogP contribution in [0.15, 0.2) is 83.4 Å². The van der Waals surface area contributed by atoms with Crippen LogP contribution in [0, 0.1) is 6.92 Å². The number of amides is 1. The number of methoxy groups -OCH3 is 1. The summed E-state index contributed by atoms with van der Waals surface area (Å²) in [6, 6.07) is 20.4. The Morgan fingerprint density at radius 2 is 1.71 bits per heavy atom. The van der Waals surface area contributed by atoms with E-state index < -0.39 is 5.91 Å². The predicted molar refractivity (Wildman–Crippen MR) is 141 cm³/mol. The first-order valence-corrected chi connectivity index (χ1v) is 11.7. The van der Waals surface area contributed by atoms with Crippen molar-refractivity contribution in [2.75, 3.05) is 30.4 Å². The second kappa shape index (κ2) is 10.4. The Hall–Kier alpha value is -4.19. The molecule has 0 unspecified atom stereocenters. The van der Waals surface area contributed by atoms with Crippen LogP contribution in [0.2, 0.25) is 0 Å². The standard InChI is InChI=1S/C29H29N3O3/c1-5-32(6-2)21-14-15-26(19(3)16-21)31-27-18-25(28(33)24-13-8-7-12-23(24)27)29(34)30-20-10-9-11-22(17-20)35-4/h7-18H,5-6H2,1-4H3,(H,30,34). The molecule has 1 aliphatic carbocycles. The Morgan fingerprint density at radius 1 is 0.971 bits per heavy atom. The maximum absolute atomic E-state index is 13.2. The Labute approximate surface area is 206 Å². The molecule has 0 bridgehead atoms. The van der Waals surface area contributed by atoms with E-state index in [9.17, 15) is 9.59 Å². The number of nitrogens with one attached hydrogen (secondary N) is 1. The van der Waals surface area contributed by atoms with Crippen LogP contribution >= 0.6 is 0 Å². The molecule has 35 heavy (non-hydrogen) atoms. The van der Waals surface area contributed by atoms with Gasteiger partial charge in [-0.2, -0.15) is 0 Å². The molecule has 0 spiro atoms. The van der Waals surface area contributed by atoms with Gasteiger partial charge in [-0.15, -0.1) is 0 Å². The molecule has 6 heteroatoms. The second-order valence-corrected chi connectivity index (χ2v) is 8.26. The van der Waals surface area contributed by atoms with Gasteiger partial charge in [-0.3, -0.25) is 9.59 Å². The van der Waals surface area contributed by atoms with Gasteiger partial charge in [0.25, 0.3) is 5.91 Å². The lowest BCUT2D eigenvalue weighted by Gasteiger charge is -2.22. The fraction of sp³-hybridized carbons (Fsp3) is 0.207. The summed E-state index contributed by atoms with van der Waals surface area (Å²) in [5.41, 5.74) is 5.30. The number of hydrogen-bond acceptors (Lipinski definition) is 5. The van der Waals surface area contributed by atoms with Gasteiger partial charge in [-0.1, -0.05) is 30.3 Å². The Balaban J connectivity index is 1.73. The highest BCUT2D eigenvalue weighted by molar-refractivity contribution is 6.37. The molecule has 1 amide bonds. The molecule has 1 N–H and O–H groups in total. The monoisotopic (exact) mass is 467 g/mol. The summed E-state index contributed by atoms with van der Waals surface area (Å²) >= 11 is 0. The first-order chi connectivity index (χ1) is 16.9. The van der Waals surface area contributed by atoms with E-state index in [0.717, 1.165) is 30.0 Å². The van der Waals surface area contributed by atoms with E-state index in [1.54, 1.807) is 49.6 Å². The van der Waals surface area contributed by atoms with Crippen molar-refractivity contribution in [3.05, 3.63) is 95.1 Å². The highest BCUT2D eigenvalue weighted by atomic mass is 16.5. The van der Waals surface area contributed by atoms with E-state index in [2.05, 4.69) is 36.2 Å². The average Bonchev–Trinajstić information content (AvgIpc) is 2.88. The van der Waals surface area contributed by atoms with Gasteiger partial charge in [-0.25, -0.2) is 4.99 Å². The minimum absolute atomic E-state index is 0.0442. The van der Waals surface area contributed by atoms with Crippen molar-refractivity contribution in [2.24, 2.45) is 4.99 Å². The lowest BCUT2D eigenvalue weighted by molar-refractivity contribution is -0.112. The van der Waals surface area contributed by atoms with Crippen LogP contribution in [0.5, 0.6) is 5.75 Å². The number of nitrogens with zero attached hydrogens (tertiary/aromatic N) is 2. The third-order valence-electron chi connectivity index (χ3n) is 6.10. The molecule has 0 fully saturated rings. The average molecular weight is 468 g/mol. The minimum Gasteiger partial charge on any atom is -0.497 e. The van der Waals surface area contributed by atoms with E-state index >= 15 is 0 Å². The number of aliphatic imine (C=N–C) groups is 1. The summed E-state index contributed by atoms with van der Waals surface area (Å²) in [4.78, 5) is 33.5. The van der Waals surface area contributed by atoms with Crippen LogP contribution < -0.4 is 15.0 Å². The van der Waals surface area contributed by atoms with E-state index in [1.165, 1.54) is 0 Å². The Morgan fingerprint density at radius 3 is 2.40 bits per heavy atom. The summed E-state index contributed by atoms with van der Waals surface area (Å²) in [6.45, 7) is 8.13. The molecule has 0 atom stereocenters. The van der Waals surface area contributed by atoms with Crippen LogP contribution in [0.4, 0.5) is 17.1 Å². The van der Waals surface area contributed by atoms with Crippen molar-refractivity contribution >= 4 is 34.5 Å². The van der Waals surface area contributed by atoms with Crippen LogP contribution in [0.3, 0.4) is 0 Å². The third-order valence-corrected chi connectivity index (χ3v) is 6.10. The third kappa shape index (κ3) is 5.01. The highest BCUT2D eigenvalue weighted by Gasteiger charge is 2.28. The van der Waals surface area contributed by atoms with Crippen LogP contribution in [0.1, 0.15) is 35.3 Å². The number of ketones is 1. The van der Waals surface area contributed by atoms with Gasteiger partial charge in [0.05, 0.1) is 24.1 Å². The molecule has 6 nitrogen and oxygen atoms in total. The predicted octanol–water partition coefficient (Wildman–Crippen LogP) is 5.73. The van der Waals surface area contributed by atoms with Crippen molar-refractivity contribution in [1.29, 1.82) is 0 Å². The number of hydrogen-bond donors (Lipinski definition) is 1. The van der Waals surface area contributed by atoms with Crippen molar-refractivity contribution in [1.82, 2.24) is 0 Å². The molecule has 0 aliphatic heterocycles. The second-order valence-electron chi connectivity index (χ2n) is 8.26. The molecular formula is C29H29N3O3. The molecule has 0 saturated heterocycles. The zero-order chi connectivity index (χ0) is 24.9. The number of allylic oxidation sites excluding steroid dienone is 1. The van der Waals surface area contributed by atoms with E-state index in [4.69, 9.17) is 9.73 Å². The number of fused-ring (bicyclic) bond motifs is 1. The molecule has 0 saturated carbocycles. The zero-order valence-corrected chi connectivity index (χ0v) is 20.5. The summed E-state index contributed by atoms with van der Waals surface area (Å²) in [5.74, 6) is -0.199. The number of benzene rings is 3. The summed E-state index contributed by atoms with van der Waals surface area (Å²) < 4.78 is 5.23. The molecule has 3 aromatic rings. The fourth-order valence-electron chi connectivity index (χ4n) is 4.17. The summed E-state index contributed by atoms with van der Waals surface area (Å²) in [7, 11) is 1.56. The Kier molecular flexibility index (Phi) is 7.11. The molecular weight excluding hydrogens is 438 g/mol. The maximum Gasteiger partial charge on any atom is 0.259 e. The number of Topliss-reactive ketones (excluding diaryl/α,β-unsaturated/α-hetero) is 1. The molecule has 0 radical (unpaired) electrons. The highest BCUT2D eigenvalue weighted by Crippen LogP contribution is 2.29. The number of ether oxygens (including phenoxy) is 1. The molecule has 0 aromatic heterocycles. The number of aryl methyl sites for hydroxylation is 1. The number of anilines is 2. The first kappa shape index (κ1) is 24.0. The zero-order valence-electron chi connectivity index (χ0n) is 20.5.